The largest absolute Gasteiger partial charge is 0.469 e. The molecule has 6 nitrogen and oxygen atoms in total. The Labute approximate surface area is 175 Å². The number of aromatic nitrogens is 3. The Bertz CT molecular complexity index is 984. The number of hydrogen-bond donors (Lipinski definition) is 1. The molecule has 0 spiro atoms. The van der Waals surface area contributed by atoms with Gasteiger partial charge in [-0.25, -0.2) is 0 Å². The molecular weight excluding hydrogens is 384 g/mol. The van der Waals surface area contributed by atoms with Gasteiger partial charge in [0.15, 0.2) is 11.0 Å². The number of rotatable bonds is 9. The van der Waals surface area contributed by atoms with Gasteiger partial charge in [0.05, 0.1) is 17.6 Å². The molecule has 1 amide bonds. The second-order valence-electron chi connectivity index (χ2n) is 6.59. The fourth-order valence-electron chi connectivity index (χ4n) is 3.21. The molecule has 152 valence electrons. The number of thioether (sulfide) groups is 1. The van der Waals surface area contributed by atoms with E-state index in [0.717, 1.165) is 41.0 Å². The van der Waals surface area contributed by atoms with Crippen molar-refractivity contribution < 1.29 is 9.21 Å². The van der Waals surface area contributed by atoms with E-state index < -0.39 is 0 Å². The van der Waals surface area contributed by atoms with E-state index in [2.05, 4.69) is 48.1 Å². The molecule has 1 aromatic carbocycles. The van der Waals surface area contributed by atoms with Crippen LogP contribution in [0.15, 0.2) is 52.8 Å². The standard InChI is InChI=1S/C22H26N4O2S/c1-5-12-26-21(18-11-13-28-15(18)4)24-25-22(26)29-14-19(27)23-20-16(6-2)9-8-10-17(20)7-3/h5,8-11,13H,1,6-7,12,14H2,2-4H3,(H,23,27). The van der Waals surface area contributed by atoms with Crippen molar-refractivity contribution in [1.82, 2.24) is 14.8 Å². The van der Waals surface area contributed by atoms with Gasteiger partial charge in [0, 0.05) is 12.2 Å². The highest BCUT2D eigenvalue weighted by Gasteiger charge is 2.18. The Hall–Kier alpha value is -2.80. The lowest BCUT2D eigenvalue weighted by molar-refractivity contribution is -0.113. The summed E-state index contributed by atoms with van der Waals surface area (Å²) in [7, 11) is 0. The van der Waals surface area contributed by atoms with E-state index in [1.807, 2.05) is 23.6 Å². The van der Waals surface area contributed by atoms with Gasteiger partial charge in [-0.3, -0.25) is 9.36 Å². The van der Waals surface area contributed by atoms with Gasteiger partial charge in [0.1, 0.15) is 5.76 Å². The lowest BCUT2D eigenvalue weighted by Crippen LogP contribution is -2.17. The number of carbonyl (C=O) groups is 1. The van der Waals surface area contributed by atoms with E-state index in [4.69, 9.17) is 4.42 Å². The van der Waals surface area contributed by atoms with Crippen LogP contribution in [-0.4, -0.2) is 26.4 Å². The zero-order valence-corrected chi connectivity index (χ0v) is 17.9. The minimum absolute atomic E-state index is 0.0557. The topological polar surface area (TPSA) is 73.0 Å². The molecule has 0 saturated carbocycles. The van der Waals surface area contributed by atoms with Crippen LogP contribution in [0.1, 0.15) is 30.7 Å². The van der Waals surface area contributed by atoms with Gasteiger partial charge in [0.2, 0.25) is 5.91 Å². The number of carbonyl (C=O) groups excluding carboxylic acids is 1. The minimum atomic E-state index is -0.0557. The summed E-state index contributed by atoms with van der Waals surface area (Å²) in [5, 5.41) is 12.4. The predicted molar refractivity (Wildman–Crippen MR) is 117 cm³/mol. The van der Waals surface area contributed by atoms with Crippen molar-refractivity contribution >= 4 is 23.4 Å². The molecule has 0 aliphatic carbocycles. The Morgan fingerprint density at radius 2 is 1.97 bits per heavy atom. The first kappa shape index (κ1) is 20.9. The second-order valence-corrected chi connectivity index (χ2v) is 7.53. The number of nitrogens with zero attached hydrogens (tertiary/aromatic N) is 3. The van der Waals surface area contributed by atoms with Gasteiger partial charge in [-0.15, -0.1) is 16.8 Å². The molecule has 0 bridgehead atoms. The number of amides is 1. The number of aryl methyl sites for hydroxylation is 3. The summed E-state index contributed by atoms with van der Waals surface area (Å²) in [6.45, 7) is 10.4. The SMILES string of the molecule is C=CCn1c(SCC(=O)Nc2c(CC)cccc2CC)nnc1-c1ccoc1C. The first-order valence-corrected chi connectivity index (χ1v) is 10.7. The van der Waals surface area contributed by atoms with E-state index in [1.165, 1.54) is 11.8 Å². The lowest BCUT2D eigenvalue weighted by Gasteiger charge is -2.14. The zero-order chi connectivity index (χ0) is 20.8. The second kappa shape index (κ2) is 9.60. The average Bonchev–Trinajstić information content (AvgIpc) is 3.32. The van der Waals surface area contributed by atoms with E-state index in [1.54, 1.807) is 12.3 Å². The number of furan rings is 1. The average molecular weight is 411 g/mol. The Morgan fingerprint density at radius 3 is 2.55 bits per heavy atom. The number of benzene rings is 1. The number of nitrogens with one attached hydrogen (secondary N) is 1. The van der Waals surface area contributed by atoms with Crippen LogP contribution in [0.2, 0.25) is 0 Å². The quantitative estimate of drug-likeness (QED) is 0.402. The van der Waals surface area contributed by atoms with Crippen LogP contribution in [0.3, 0.4) is 0 Å². The molecule has 0 fully saturated rings. The number of anilines is 1. The maximum absolute atomic E-state index is 12.7. The number of para-hydroxylation sites is 1. The fraction of sp³-hybridized carbons (Fsp3) is 0.318. The first-order chi connectivity index (χ1) is 14.1. The third kappa shape index (κ3) is 4.62. The zero-order valence-electron chi connectivity index (χ0n) is 17.1. The van der Waals surface area contributed by atoms with Gasteiger partial charge in [-0.2, -0.15) is 0 Å². The molecule has 3 rings (SSSR count). The summed E-state index contributed by atoms with van der Waals surface area (Å²) in [5.74, 6) is 1.68. The molecule has 2 aromatic heterocycles. The molecule has 0 atom stereocenters. The molecule has 7 heteroatoms. The van der Waals surface area contributed by atoms with Gasteiger partial charge in [-0.1, -0.05) is 49.9 Å². The van der Waals surface area contributed by atoms with E-state index in [0.29, 0.717) is 17.5 Å². The van der Waals surface area contributed by atoms with E-state index in [9.17, 15) is 4.79 Å². The minimum Gasteiger partial charge on any atom is -0.469 e. The van der Waals surface area contributed by atoms with Crippen LogP contribution in [0, 0.1) is 6.92 Å². The maximum atomic E-state index is 12.7. The molecule has 0 unspecified atom stereocenters. The highest BCUT2D eigenvalue weighted by Crippen LogP contribution is 2.28. The highest BCUT2D eigenvalue weighted by atomic mass is 32.2. The van der Waals surface area contributed by atoms with E-state index >= 15 is 0 Å². The molecular formula is C22H26N4O2S. The summed E-state index contributed by atoms with van der Waals surface area (Å²) in [5.41, 5.74) is 4.12. The first-order valence-electron chi connectivity index (χ1n) is 9.70. The predicted octanol–water partition coefficient (Wildman–Crippen LogP) is 4.89. The van der Waals surface area contributed by atoms with Crippen molar-refractivity contribution in [2.24, 2.45) is 0 Å². The van der Waals surface area contributed by atoms with Crippen LogP contribution in [0.25, 0.3) is 11.4 Å². The Morgan fingerprint density at radius 1 is 1.24 bits per heavy atom. The highest BCUT2D eigenvalue weighted by molar-refractivity contribution is 7.99. The normalized spacial score (nSPS) is 10.9. The van der Waals surface area contributed by atoms with Crippen LogP contribution in [-0.2, 0) is 24.2 Å². The molecule has 3 aromatic rings. The number of hydrogen-bond acceptors (Lipinski definition) is 5. The third-order valence-corrected chi connectivity index (χ3v) is 5.69. The monoisotopic (exact) mass is 410 g/mol. The Balaban J connectivity index is 1.75. The van der Waals surface area contributed by atoms with Crippen molar-refractivity contribution in [3.05, 3.63) is 60.1 Å². The van der Waals surface area contributed by atoms with Crippen molar-refractivity contribution in [2.45, 2.75) is 45.3 Å². The molecule has 0 radical (unpaired) electrons. The van der Waals surface area contributed by atoms with Gasteiger partial charge in [0.25, 0.3) is 0 Å². The van der Waals surface area contributed by atoms with Gasteiger partial charge < -0.3 is 9.73 Å². The summed E-state index contributed by atoms with van der Waals surface area (Å²) in [4.78, 5) is 12.7. The van der Waals surface area contributed by atoms with Crippen molar-refractivity contribution in [3.8, 4) is 11.4 Å². The third-order valence-electron chi connectivity index (χ3n) is 4.72. The summed E-state index contributed by atoms with van der Waals surface area (Å²) in [6, 6.07) is 8.03. The summed E-state index contributed by atoms with van der Waals surface area (Å²) >= 11 is 1.36. The summed E-state index contributed by atoms with van der Waals surface area (Å²) in [6.07, 6.45) is 5.17. The van der Waals surface area contributed by atoms with Crippen LogP contribution in [0.4, 0.5) is 5.69 Å². The molecule has 0 aliphatic heterocycles. The number of allylic oxidation sites excluding steroid dienone is 1. The molecule has 29 heavy (non-hydrogen) atoms. The lowest BCUT2D eigenvalue weighted by atomic mass is 10.0. The molecule has 2 heterocycles. The summed E-state index contributed by atoms with van der Waals surface area (Å²) < 4.78 is 7.34. The maximum Gasteiger partial charge on any atom is 0.234 e. The van der Waals surface area contributed by atoms with Gasteiger partial charge >= 0.3 is 0 Å². The van der Waals surface area contributed by atoms with E-state index in [-0.39, 0.29) is 11.7 Å². The molecule has 0 aliphatic rings. The van der Waals surface area contributed by atoms with Crippen molar-refractivity contribution in [1.29, 1.82) is 0 Å². The van der Waals surface area contributed by atoms with Gasteiger partial charge in [-0.05, 0) is 37.0 Å². The smallest absolute Gasteiger partial charge is 0.234 e. The molecule has 1 N–H and O–H groups in total. The fourth-order valence-corrected chi connectivity index (χ4v) is 3.96. The van der Waals surface area contributed by atoms with Crippen molar-refractivity contribution in [3.63, 3.8) is 0 Å². The molecule has 0 saturated heterocycles. The van der Waals surface area contributed by atoms with Crippen LogP contribution >= 0.6 is 11.8 Å². The van der Waals surface area contributed by atoms with Crippen LogP contribution in [0.5, 0.6) is 0 Å². The Kier molecular flexibility index (Phi) is 6.93. The van der Waals surface area contributed by atoms with Crippen molar-refractivity contribution in [2.75, 3.05) is 11.1 Å². The van der Waals surface area contributed by atoms with Crippen LogP contribution < -0.4 is 5.32 Å².